The zero-order chi connectivity index (χ0) is 13.7. The highest BCUT2D eigenvalue weighted by atomic mass is 35.5. The van der Waals surface area contributed by atoms with Gasteiger partial charge in [0.2, 0.25) is 0 Å². The molecular formula is C17H11ClO2. The molecule has 1 heterocycles. The van der Waals surface area contributed by atoms with E-state index in [2.05, 4.69) is 12.1 Å². The Morgan fingerprint density at radius 2 is 1.25 bits per heavy atom. The van der Waals surface area contributed by atoms with E-state index in [-0.39, 0.29) is 0 Å². The quantitative estimate of drug-likeness (QED) is 0.412. The Balaban J connectivity index is 1.89. The normalized spacial score (nSPS) is 12.3. The molecule has 0 saturated heterocycles. The summed E-state index contributed by atoms with van der Waals surface area (Å²) in [4.78, 5) is 0. The first-order valence-corrected chi connectivity index (χ1v) is 6.77. The Bertz CT molecular complexity index is 770. The third kappa shape index (κ3) is 1.73. The highest BCUT2D eigenvalue weighted by molar-refractivity contribution is 6.31. The Labute approximate surface area is 121 Å². The molecule has 98 valence electrons. The monoisotopic (exact) mass is 282 g/mol. The fourth-order valence-electron chi connectivity index (χ4n) is 2.39. The van der Waals surface area contributed by atoms with Gasteiger partial charge in [-0.25, -0.2) is 0 Å². The first-order valence-electron chi connectivity index (χ1n) is 6.39. The lowest BCUT2D eigenvalue weighted by molar-refractivity contribution is 0.360. The summed E-state index contributed by atoms with van der Waals surface area (Å²) in [7, 11) is 0. The second-order valence-corrected chi connectivity index (χ2v) is 5.31. The molecule has 0 N–H and O–H groups in total. The van der Waals surface area contributed by atoms with Gasteiger partial charge in [0.1, 0.15) is 0 Å². The summed E-state index contributed by atoms with van der Waals surface area (Å²) in [5.41, 5.74) is 0.971. The van der Waals surface area contributed by atoms with E-state index >= 15 is 0 Å². The Morgan fingerprint density at radius 3 is 1.85 bits per heavy atom. The van der Waals surface area contributed by atoms with Crippen molar-refractivity contribution in [2.24, 2.45) is 0 Å². The maximum Gasteiger partial charge on any atom is 0.171 e. The molecule has 0 radical (unpaired) electrons. The van der Waals surface area contributed by atoms with Crippen LogP contribution in [0.25, 0.3) is 10.8 Å². The number of hydrogen-bond donors (Lipinski definition) is 0. The average Bonchev–Trinajstić information content (AvgIpc) is 2.44. The van der Waals surface area contributed by atoms with Crippen LogP contribution in [0.1, 0.15) is 5.56 Å². The number of ether oxygens (including phenoxy) is 2. The fourth-order valence-corrected chi connectivity index (χ4v) is 2.54. The minimum Gasteiger partial charge on any atom is -0.449 e. The van der Waals surface area contributed by atoms with Crippen LogP contribution in [0.2, 0.25) is 5.02 Å². The lowest BCUT2D eigenvalue weighted by Gasteiger charge is -2.22. The van der Waals surface area contributed by atoms with E-state index in [4.69, 9.17) is 21.1 Å². The topological polar surface area (TPSA) is 18.5 Å². The van der Waals surface area contributed by atoms with Gasteiger partial charge in [-0.15, -0.1) is 0 Å². The molecular weight excluding hydrogens is 272 g/mol. The highest BCUT2D eigenvalue weighted by Crippen LogP contribution is 2.48. The number of benzene rings is 3. The summed E-state index contributed by atoms with van der Waals surface area (Å²) in [5, 5.41) is 2.93. The molecule has 3 aromatic carbocycles. The van der Waals surface area contributed by atoms with Gasteiger partial charge in [0.05, 0.1) is 0 Å². The first-order chi connectivity index (χ1) is 9.70. The molecule has 1 aliphatic rings. The molecule has 0 aromatic heterocycles. The maximum atomic E-state index is 6.13. The maximum absolute atomic E-state index is 6.13. The lowest BCUT2D eigenvalue weighted by Crippen LogP contribution is -1.99. The summed E-state index contributed by atoms with van der Waals surface area (Å²) in [5.74, 6) is 2.81. The SMILES string of the molecule is Cc1cc2c(cc1Cl)Oc1cc3ccccc3cc1O2. The zero-order valence-corrected chi connectivity index (χ0v) is 11.6. The van der Waals surface area contributed by atoms with Crippen LogP contribution in [0.4, 0.5) is 0 Å². The van der Waals surface area contributed by atoms with Gasteiger partial charge >= 0.3 is 0 Å². The van der Waals surface area contributed by atoms with Gasteiger partial charge in [-0.2, -0.15) is 0 Å². The van der Waals surface area contributed by atoms with Gasteiger partial charge in [0, 0.05) is 11.1 Å². The first kappa shape index (κ1) is 11.6. The van der Waals surface area contributed by atoms with E-state index in [1.807, 2.05) is 37.3 Å². The highest BCUT2D eigenvalue weighted by Gasteiger charge is 2.20. The molecule has 0 unspecified atom stereocenters. The molecule has 0 atom stereocenters. The van der Waals surface area contributed by atoms with Crippen LogP contribution in [0.5, 0.6) is 23.0 Å². The van der Waals surface area contributed by atoms with Crippen molar-refractivity contribution >= 4 is 22.4 Å². The van der Waals surface area contributed by atoms with Gasteiger partial charge < -0.3 is 9.47 Å². The average molecular weight is 283 g/mol. The molecule has 4 rings (SSSR count). The lowest BCUT2D eigenvalue weighted by atomic mass is 10.1. The smallest absolute Gasteiger partial charge is 0.171 e. The predicted molar refractivity (Wildman–Crippen MR) is 80.3 cm³/mol. The van der Waals surface area contributed by atoms with Crippen LogP contribution in [0.3, 0.4) is 0 Å². The van der Waals surface area contributed by atoms with Crippen LogP contribution < -0.4 is 9.47 Å². The van der Waals surface area contributed by atoms with Gasteiger partial charge in [0.25, 0.3) is 0 Å². The molecule has 0 saturated carbocycles. The Kier molecular flexibility index (Phi) is 2.41. The molecule has 0 fully saturated rings. The summed E-state index contributed by atoms with van der Waals surface area (Å²) in [6, 6.07) is 15.8. The van der Waals surface area contributed by atoms with E-state index < -0.39 is 0 Å². The molecule has 0 amide bonds. The predicted octanol–water partition coefficient (Wildman–Crippen LogP) is 5.70. The van der Waals surface area contributed by atoms with Gasteiger partial charge in [-0.05, 0) is 41.5 Å². The number of rotatable bonds is 0. The van der Waals surface area contributed by atoms with Crippen LogP contribution in [0, 0.1) is 6.92 Å². The second-order valence-electron chi connectivity index (χ2n) is 4.90. The molecule has 1 aliphatic heterocycles. The summed E-state index contributed by atoms with van der Waals surface area (Å²) < 4.78 is 11.8. The standard InChI is InChI=1S/C17H11ClO2/c1-10-6-14-17(9-13(10)18)20-16-8-12-5-3-2-4-11(12)7-15(16)19-14/h2-9H,1H3. The largest absolute Gasteiger partial charge is 0.449 e. The number of hydrogen-bond acceptors (Lipinski definition) is 2. The summed E-state index contributed by atoms with van der Waals surface area (Å²) in [6.45, 7) is 1.95. The number of aryl methyl sites for hydroxylation is 1. The third-order valence-corrected chi connectivity index (χ3v) is 3.88. The van der Waals surface area contributed by atoms with Gasteiger partial charge in [-0.3, -0.25) is 0 Å². The third-order valence-electron chi connectivity index (χ3n) is 3.48. The van der Waals surface area contributed by atoms with E-state index in [0.29, 0.717) is 16.5 Å². The molecule has 0 bridgehead atoms. The van der Waals surface area contributed by atoms with Crippen molar-refractivity contribution < 1.29 is 9.47 Å². The van der Waals surface area contributed by atoms with Crippen molar-refractivity contribution in [3.05, 3.63) is 59.1 Å². The Hall–Kier alpha value is -2.19. The molecule has 0 spiro atoms. The number of halogens is 1. The van der Waals surface area contributed by atoms with Crippen molar-refractivity contribution in [3.8, 4) is 23.0 Å². The molecule has 2 nitrogen and oxygen atoms in total. The summed E-state index contributed by atoms with van der Waals surface area (Å²) >= 11 is 6.13. The van der Waals surface area contributed by atoms with Crippen molar-refractivity contribution in [1.82, 2.24) is 0 Å². The van der Waals surface area contributed by atoms with E-state index in [1.165, 1.54) is 0 Å². The fraction of sp³-hybridized carbons (Fsp3) is 0.0588. The summed E-state index contributed by atoms with van der Waals surface area (Å²) in [6.07, 6.45) is 0. The minimum atomic E-state index is 0.656. The molecule has 20 heavy (non-hydrogen) atoms. The molecule has 3 aromatic rings. The van der Waals surface area contributed by atoms with E-state index in [0.717, 1.165) is 27.8 Å². The van der Waals surface area contributed by atoms with E-state index in [9.17, 15) is 0 Å². The van der Waals surface area contributed by atoms with Crippen LogP contribution in [0.15, 0.2) is 48.5 Å². The van der Waals surface area contributed by atoms with Crippen LogP contribution in [-0.4, -0.2) is 0 Å². The van der Waals surface area contributed by atoms with Crippen LogP contribution >= 0.6 is 11.6 Å². The van der Waals surface area contributed by atoms with Gasteiger partial charge in [-0.1, -0.05) is 35.9 Å². The van der Waals surface area contributed by atoms with E-state index in [1.54, 1.807) is 6.07 Å². The number of fused-ring (bicyclic) bond motifs is 3. The van der Waals surface area contributed by atoms with Crippen molar-refractivity contribution in [2.75, 3.05) is 0 Å². The zero-order valence-electron chi connectivity index (χ0n) is 10.8. The van der Waals surface area contributed by atoms with Crippen molar-refractivity contribution in [3.63, 3.8) is 0 Å². The van der Waals surface area contributed by atoms with Gasteiger partial charge in [0.15, 0.2) is 23.0 Å². The Morgan fingerprint density at radius 1 is 0.750 bits per heavy atom. The minimum absolute atomic E-state index is 0.656. The van der Waals surface area contributed by atoms with Crippen molar-refractivity contribution in [1.29, 1.82) is 0 Å². The molecule has 3 heteroatoms. The molecule has 0 aliphatic carbocycles. The van der Waals surface area contributed by atoms with Crippen LogP contribution in [-0.2, 0) is 0 Å². The second kappa shape index (κ2) is 4.15. The van der Waals surface area contributed by atoms with Crippen molar-refractivity contribution in [2.45, 2.75) is 6.92 Å².